The second-order valence-electron chi connectivity index (χ2n) is 6.86. The van der Waals surface area contributed by atoms with Crippen LogP contribution in [0, 0.1) is 11.3 Å². The van der Waals surface area contributed by atoms with Gasteiger partial charge in [-0.15, -0.1) is 5.10 Å². The number of nitrogens with one attached hydrogen (secondary N) is 1. The minimum absolute atomic E-state index is 0.00264. The Morgan fingerprint density at radius 3 is 2.58 bits per heavy atom. The van der Waals surface area contributed by atoms with Gasteiger partial charge in [-0.2, -0.15) is 5.26 Å². The van der Waals surface area contributed by atoms with E-state index in [0.717, 1.165) is 11.1 Å². The van der Waals surface area contributed by atoms with Crippen molar-refractivity contribution in [2.24, 2.45) is 5.73 Å². The number of hydrogen-bond acceptors (Lipinski definition) is 7. The molecule has 0 fully saturated rings. The molecule has 0 aliphatic carbocycles. The van der Waals surface area contributed by atoms with Crippen LogP contribution in [0.5, 0.6) is 23.1 Å². The molecule has 2 aromatic carbocycles. The van der Waals surface area contributed by atoms with Crippen molar-refractivity contribution in [2.75, 3.05) is 13.2 Å². The zero-order valence-corrected chi connectivity index (χ0v) is 17.2. The van der Waals surface area contributed by atoms with E-state index < -0.39 is 5.92 Å². The van der Waals surface area contributed by atoms with E-state index in [1.807, 2.05) is 32.0 Å². The predicted molar refractivity (Wildman–Crippen MR) is 114 cm³/mol. The van der Waals surface area contributed by atoms with E-state index in [-0.39, 0.29) is 17.2 Å². The minimum Gasteiger partial charge on any atom is -0.508 e. The molecule has 0 saturated heterocycles. The number of H-pyrrole nitrogens is 1. The molecule has 8 heteroatoms. The summed E-state index contributed by atoms with van der Waals surface area (Å²) in [5.41, 5.74) is 9.15. The highest BCUT2D eigenvalue weighted by Gasteiger charge is 2.36. The first-order valence-electron chi connectivity index (χ1n) is 9.92. The lowest BCUT2D eigenvalue weighted by Gasteiger charge is -2.24. The van der Waals surface area contributed by atoms with Crippen LogP contribution in [0.1, 0.15) is 30.9 Å². The Bertz CT molecular complexity index is 1180. The van der Waals surface area contributed by atoms with Crippen molar-refractivity contribution >= 4 is 0 Å². The first-order valence-corrected chi connectivity index (χ1v) is 9.92. The van der Waals surface area contributed by atoms with E-state index in [4.69, 9.17) is 19.9 Å². The average molecular weight is 418 g/mol. The SMILES string of the molecule is CCOc1ccc(-c2[nH]nc3c2[C@@H](c2ccc(O)cc2)C(C#N)=C(N)O3)c(OCC)c1. The quantitative estimate of drug-likeness (QED) is 0.556. The lowest BCUT2D eigenvalue weighted by molar-refractivity contribution is 0.324. The van der Waals surface area contributed by atoms with E-state index in [1.165, 1.54) is 0 Å². The van der Waals surface area contributed by atoms with Crippen molar-refractivity contribution in [1.29, 1.82) is 5.26 Å². The van der Waals surface area contributed by atoms with Gasteiger partial charge in [-0.05, 0) is 43.7 Å². The van der Waals surface area contributed by atoms with Crippen molar-refractivity contribution in [3.63, 3.8) is 0 Å². The first-order chi connectivity index (χ1) is 15.1. The fraction of sp³-hybridized carbons (Fsp3) is 0.217. The van der Waals surface area contributed by atoms with Gasteiger partial charge in [0.1, 0.15) is 28.9 Å². The van der Waals surface area contributed by atoms with Crippen LogP contribution in [0.25, 0.3) is 11.3 Å². The Morgan fingerprint density at radius 1 is 1.16 bits per heavy atom. The number of aromatic nitrogens is 2. The summed E-state index contributed by atoms with van der Waals surface area (Å²) in [5.74, 6) is 1.21. The van der Waals surface area contributed by atoms with E-state index in [1.54, 1.807) is 24.3 Å². The van der Waals surface area contributed by atoms with Crippen LogP contribution in [-0.4, -0.2) is 28.5 Å². The number of benzene rings is 2. The summed E-state index contributed by atoms with van der Waals surface area (Å²) in [6.45, 7) is 4.82. The number of aromatic hydroxyl groups is 1. The maximum atomic E-state index is 9.82. The molecule has 0 unspecified atom stereocenters. The van der Waals surface area contributed by atoms with Crippen molar-refractivity contribution in [2.45, 2.75) is 19.8 Å². The number of phenolic OH excluding ortho intramolecular Hbond substituents is 1. The van der Waals surface area contributed by atoms with Crippen molar-refractivity contribution in [3.8, 4) is 40.5 Å². The third-order valence-corrected chi connectivity index (χ3v) is 5.00. The minimum atomic E-state index is -0.524. The molecule has 4 rings (SSSR count). The average Bonchev–Trinajstić information content (AvgIpc) is 3.17. The van der Waals surface area contributed by atoms with Crippen LogP contribution >= 0.6 is 0 Å². The molecule has 31 heavy (non-hydrogen) atoms. The summed E-state index contributed by atoms with van der Waals surface area (Å²) in [6.07, 6.45) is 0. The third kappa shape index (κ3) is 3.62. The van der Waals surface area contributed by atoms with E-state index >= 15 is 0 Å². The van der Waals surface area contributed by atoms with Gasteiger partial charge in [0, 0.05) is 11.6 Å². The lowest BCUT2D eigenvalue weighted by atomic mass is 9.83. The molecule has 1 aromatic heterocycles. The highest BCUT2D eigenvalue weighted by Crippen LogP contribution is 2.47. The molecule has 0 spiro atoms. The highest BCUT2D eigenvalue weighted by molar-refractivity contribution is 5.76. The molecule has 0 amide bonds. The second-order valence-corrected chi connectivity index (χ2v) is 6.86. The van der Waals surface area contributed by atoms with Crippen LogP contribution in [0.3, 0.4) is 0 Å². The van der Waals surface area contributed by atoms with Gasteiger partial charge in [-0.3, -0.25) is 5.10 Å². The molecule has 0 bridgehead atoms. The molecular formula is C23H22N4O4. The second kappa shape index (κ2) is 8.32. The maximum Gasteiger partial charge on any atom is 0.244 e. The van der Waals surface area contributed by atoms with Crippen LogP contribution in [0.4, 0.5) is 0 Å². The number of ether oxygens (including phenoxy) is 3. The van der Waals surface area contributed by atoms with Gasteiger partial charge in [-0.1, -0.05) is 12.1 Å². The van der Waals surface area contributed by atoms with Crippen LogP contribution in [0.15, 0.2) is 53.9 Å². The molecule has 4 N–H and O–H groups in total. The van der Waals surface area contributed by atoms with Gasteiger partial charge in [-0.25, -0.2) is 0 Å². The van der Waals surface area contributed by atoms with Crippen LogP contribution < -0.4 is 19.9 Å². The van der Waals surface area contributed by atoms with Crippen molar-refractivity contribution in [3.05, 3.63) is 65.0 Å². The summed E-state index contributed by atoms with van der Waals surface area (Å²) in [5, 5.41) is 26.8. The monoisotopic (exact) mass is 418 g/mol. The summed E-state index contributed by atoms with van der Waals surface area (Å²) in [6, 6.07) is 14.4. The first kappa shape index (κ1) is 20.2. The number of phenols is 1. The molecule has 0 radical (unpaired) electrons. The molecule has 2 heterocycles. The van der Waals surface area contributed by atoms with Gasteiger partial charge in [0.25, 0.3) is 0 Å². The van der Waals surface area contributed by atoms with E-state index in [0.29, 0.717) is 41.9 Å². The number of nitriles is 1. The third-order valence-electron chi connectivity index (χ3n) is 5.00. The number of fused-ring (bicyclic) bond motifs is 1. The Morgan fingerprint density at radius 2 is 1.90 bits per heavy atom. The molecule has 1 atom stereocenters. The largest absolute Gasteiger partial charge is 0.508 e. The van der Waals surface area contributed by atoms with Crippen LogP contribution in [-0.2, 0) is 0 Å². The molecule has 8 nitrogen and oxygen atoms in total. The zero-order valence-electron chi connectivity index (χ0n) is 17.2. The zero-order chi connectivity index (χ0) is 22.0. The summed E-state index contributed by atoms with van der Waals surface area (Å²) in [7, 11) is 0. The molecule has 0 saturated carbocycles. The van der Waals surface area contributed by atoms with Gasteiger partial charge < -0.3 is 25.1 Å². The van der Waals surface area contributed by atoms with Gasteiger partial charge in [0.05, 0.1) is 30.4 Å². The highest BCUT2D eigenvalue weighted by atomic mass is 16.5. The van der Waals surface area contributed by atoms with Crippen LogP contribution in [0.2, 0.25) is 0 Å². The number of allylic oxidation sites excluding steroid dienone is 1. The molecule has 3 aromatic rings. The standard InChI is InChI=1S/C23H22N4O4/c1-3-29-15-9-10-16(18(11-15)30-4-2)21-20-19(13-5-7-14(28)8-6-13)17(12-24)22(25)31-23(20)27-26-21/h5-11,19,28H,3-4,25H2,1-2H3,(H,26,27)/t19-/m0/s1. The Hall–Kier alpha value is -4.12. The van der Waals surface area contributed by atoms with Gasteiger partial charge >= 0.3 is 0 Å². The molecule has 1 aliphatic rings. The Labute approximate surface area is 179 Å². The van der Waals surface area contributed by atoms with E-state index in [9.17, 15) is 10.4 Å². The predicted octanol–water partition coefficient (Wildman–Crippen LogP) is 3.80. The number of nitrogens with zero attached hydrogens (tertiary/aromatic N) is 2. The summed E-state index contributed by atoms with van der Waals surface area (Å²) >= 11 is 0. The fourth-order valence-electron chi connectivity index (χ4n) is 3.69. The van der Waals surface area contributed by atoms with Crippen molar-refractivity contribution < 1.29 is 19.3 Å². The van der Waals surface area contributed by atoms with Crippen molar-refractivity contribution in [1.82, 2.24) is 10.2 Å². The fourth-order valence-corrected chi connectivity index (χ4v) is 3.69. The number of hydrogen-bond donors (Lipinski definition) is 3. The van der Waals surface area contributed by atoms with E-state index in [2.05, 4.69) is 16.3 Å². The number of nitrogens with two attached hydrogens (primary N) is 1. The number of aromatic amines is 1. The summed E-state index contributed by atoms with van der Waals surface area (Å²) in [4.78, 5) is 0. The normalized spacial score (nSPS) is 15.1. The molecule has 1 aliphatic heterocycles. The Balaban J connectivity index is 1.91. The number of rotatable bonds is 6. The Kier molecular flexibility index (Phi) is 5.41. The summed E-state index contributed by atoms with van der Waals surface area (Å²) < 4.78 is 17.1. The molecule has 158 valence electrons. The lowest BCUT2D eigenvalue weighted by Crippen LogP contribution is -2.21. The maximum absolute atomic E-state index is 9.82. The van der Waals surface area contributed by atoms with Gasteiger partial charge in [0.15, 0.2) is 0 Å². The molecular weight excluding hydrogens is 396 g/mol. The van der Waals surface area contributed by atoms with Gasteiger partial charge in [0.2, 0.25) is 11.8 Å². The smallest absolute Gasteiger partial charge is 0.244 e. The topological polar surface area (TPSA) is 126 Å².